The third-order valence-corrected chi connectivity index (χ3v) is 3.67. The first-order valence-electron chi connectivity index (χ1n) is 7.31. The molecule has 0 aromatic rings. The van der Waals surface area contributed by atoms with Crippen molar-refractivity contribution in [1.29, 1.82) is 0 Å². The van der Waals surface area contributed by atoms with E-state index in [4.69, 9.17) is 9.47 Å². The number of nitrogens with one attached hydrogen (secondary N) is 2. The molecule has 2 heterocycles. The number of carbonyl (C=O) groups excluding carboxylic acids is 2. The van der Waals surface area contributed by atoms with Crippen molar-refractivity contribution >= 4 is 12.0 Å². The number of rotatable bonds is 4. The maximum Gasteiger partial charge on any atom is 0.337 e. The Balaban J connectivity index is 2.15. The van der Waals surface area contributed by atoms with Gasteiger partial charge in [-0.25, -0.2) is 9.59 Å². The number of esters is 1. The molecular weight excluding hydrogens is 274 g/mol. The lowest BCUT2D eigenvalue weighted by molar-refractivity contribution is -0.138. The summed E-state index contributed by atoms with van der Waals surface area (Å²) in [6, 6.07) is -0.0454. The smallest absolute Gasteiger partial charge is 0.337 e. The quantitative estimate of drug-likeness (QED) is 0.726. The largest absolute Gasteiger partial charge is 0.463 e. The molecule has 0 spiro atoms. The van der Waals surface area contributed by atoms with Gasteiger partial charge in [-0.3, -0.25) is 4.90 Å². The van der Waals surface area contributed by atoms with Gasteiger partial charge >= 0.3 is 12.0 Å². The summed E-state index contributed by atoms with van der Waals surface area (Å²) in [5.74, 6) is -0.381. The Bertz CT molecular complexity index is 450. The highest BCUT2D eigenvalue weighted by atomic mass is 16.5. The van der Waals surface area contributed by atoms with Gasteiger partial charge in [0.1, 0.15) is 0 Å². The van der Waals surface area contributed by atoms with E-state index in [1.165, 1.54) is 0 Å². The highest BCUT2D eigenvalue weighted by molar-refractivity contribution is 5.93. The molecule has 0 radical (unpaired) electrons. The van der Waals surface area contributed by atoms with Crippen LogP contribution in [0.5, 0.6) is 0 Å². The Hall–Kier alpha value is -1.60. The SMILES string of the molecule is CCOC(=O)C1=C(CN2CC(C)OCC2C)NC(=O)NC1. The predicted molar refractivity (Wildman–Crippen MR) is 76.6 cm³/mol. The van der Waals surface area contributed by atoms with Gasteiger partial charge in [0.05, 0.1) is 31.4 Å². The first-order chi connectivity index (χ1) is 10.0. The maximum absolute atomic E-state index is 12.0. The molecule has 2 unspecified atom stereocenters. The van der Waals surface area contributed by atoms with Gasteiger partial charge in [-0.1, -0.05) is 0 Å². The molecule has 1 saturated heterocycles. The third kappa shape index (κ3) is 3.95. The van der Waals surface area contributed by atoms with Crippen LogP contribution in [0.25, 0.3) is 0 Å². The molecule has 0 aliphatic carbocycles. The molecule has 0 bridgehead atoms. The van der Waals surface area contributed by atoms with Crippen LogP contribution in [0.15, 0.2) is 11.3 Å². The van der Waals surface area contributed by atoms with E-state index in [9.17, 15) is 9.59 Å². The zero-order valence-electron chi connectivity index (χ0n) is 12.8. The van der Waals surface area contributed by atoms with Crippen LogP contribution in [0.4, 0.5) is 4.79 Å². The maximum atomic E-state index is 12.0. The number of hydrogen-bond acceptors (Lipinski definition) is 5. The van der Waals surface area contributed by atoms with Crippen LogP contribution in [0.2, 0.25) is 0 Å². The van der Waals surface area contributed by atoms with Crippen LogP contribution >= 0.6 is 0 Å². The van der Waals surface area contributed by atoms with Crippen LogP contribution in [-0.2, 0) is 14.3 Å². The van der Waals surface area contributed by atoms with Crippen molar-refractivity contribution in [3.05, 3.63) is 11.3 Å². The van der Waals surface area contributed by atoms with Crippen molar-refractivity contribution in [1.82, 2.24) is 15.5 Å². The van der Waals surface area contributed by atoms with E-state index in [2.05, 4.69) is 22.5 Å². The number of ether oxygens (including phenoxy) is 2. The normalized spacial score (nSPS) is 27.1. The zero-order chi connectivity index (χ0) is 15.4. The van der Waals surface area contributed by atoms with Gasteiger partial charge in [0.2, 0.25) is 0 Å². The van der Waals surface area contributed by atoms with Crippen LogP contribution in [0, 0.1) is 0 Å². The Morgan fingerprint density at radius 3 is 2.95 bits per heavy atom. The molecule has 21 heavy (non-hydrogen) atoms. The van der Waals surface area contributed by atoms with Gasteiger partial charge in [-0.2, -0.15) is 0 Å². The summed E-state index contributed by atoms with van der Waals surface area (Å²) < 4.78 is 10.6. The van der Waals surface area contributed by atoms with E-state index >= 15 is 0 Å². The Morgan fingerprint density at radius 2 is 2.24 bits per heavy atom. The molecule has 2 N–H and O–H groups in total. The second-order valence-corrected chi connectivity index (χ2v) is 5.41. The standard InChI is InChI=1S/C14H23N3O4/c1-4-20-13(18)11-5-15-14(19)16-12(11)7-17-6-10(3)21-8-9(17)2/h9-10H,4-8H2,1-3H3,(H2,15,16,19). The summed E-state index contributed by atoms with van der Waals surface area (Å²) in [4.78, 5) is 25.7. The lowest BCUT2D eigenvalue weighted by Gasteiger charge is -2.38. The number of amides is 2. The number of urea groups is 1. The van der Waals surface area contributed by atoms with Crippen LogP contribution in [0.1, 0.15) is 20.8 Å². The van der Waals surface area contributed by atoms with Crippen LogP contribution in [0.3, 0.4) is 0 Å². The fourth-order valence-electron chi connectivity index (χ4n) is 2.48. The Kier molecular flexibility index (Phi) is 5.19. The van der Waals surface area contributed by atoms with E-state index < -0.39 is 0 Å². The summed E-state index contributed by atoms with van der Waals surface area (Å²) in [5, 5.41) is 5.34. The minimum atomic E-state index is -0.381. The summed E-state index contributed by atoms with van der Waals surface area (Å²) >= 11 is 0. The number of morpholine rings is 1. The lowest BCUT2D eigenvalue weighted by atomic mass is 10.1. The average molecular weight is 297 g/mol. The molecule has 0 saturated carbocycles. The highest BCUT2D eigenvalue weighted by Gasteiger charge is 2.29. The molecule has 2 aliphatic rings. The van der Waals surface area contributed by atoms with Crippen molar-refractivity contribution in [3.8, 4) is 0 Å². The summed E-state index contributed by atoms with van der Waals surface area (Å²) in [7, 11) is 0. The van der Waals surface area contributed by atoms with Crippen molar-refractivity contribution in [2.24, 2.45) is 0 Å². The van der Waals surface area contributed by atoms with E-state index in [1.54, 1.807) is 6.92 Å². The Morgan fingerprint density at radius 1 is 1.48 bits per heavy atom. The zero-order valence-corrected chi connectivity index (χ0v) is 12.8. The fraction of sp³-hybridized carbons (Fsp3) is 0.714. The van der Waals surface area contributed by atoms with Gasteiger partial charge in [0.15, 0.2) is 0 Å². The van der Waals surface area contributed by atoms with Gasteiger partial charge in [-0.15, -0.1) is 0 Å². The van der Waals surface area contributed by atoms with E-state index in [1.807, 2.05) is 6.92 Å². The monoisotopic (exact) mass is 297 g/mol. The van der Waals surface area contributed by atoms with Crippen molar-refractivity contribution in [3.63, 3.8) is 0 Å². The summed E-state index contributed by atoms with van der Waals surface area (Å²) in [6.45, 7) is 8.29. The molecule has 2 rings (SSSR count). The predicted octanol–water partition coefficient (Wildman–Crippen LogP) is 0.226. The summed E-state index contributed by atoms with van der Waals surface area (Å²) in [6.07, 6.45) is 0.144. The highest BCUT2D eigenvalue weighted by Crippen LogP contribution is 2.16. The second-order valence-electron chi connectivity index (χ2n) is 5.41. The van der Waals surface area contributed by atoms with Gasteiger partial charge in [0.25, 0.3) is 0 Å². The van der Waals surface area contributed by atoms with Crippen molar-refractivity contribution < 1.29 is 19.1 Å². The first kappa shape index (κ1) is 15.8. The Labute approximate surface area is 124 Å². The molecule has 7 heteroatoms. The first-order valence-corrected chi connectivity index (χ1v) is 7.31. The molecule has 1 fully saturated rings. The topological polar surface area (TPSA) is 79.9 Å². The van der Waals surface area contributed by atoms with Gasteiger partial charge in [-0.05, 0) is 20.8 Å². The van der Waals surface area contributed by atoms with Gasteiger partial charge in [0, 0.05) is 24.8 Å². The number of nitrogens with zero attached hydrogens (tertiary/aromatic N) is 1. The molecule has 118 valence electrons. The minimum Gasteiger partial charge on any atom is -0.463 e. The van der Waals surface area contributed by atoms with Crippen molar-refractivity contribution in [2.45, 2.75) is 32.9 Å². The van der Waals surface area contributed by atoms with Gasteiger partial charge < -0.3 is 20.1 Å². The lowest BCUT2D eigenvalue weighted by Crippen LogP contribution is -2.52. The van der Waals surface area contributed by atoms with E-state index in [-0.39, 0.29) is 30.7 Å². The average Bonchev–Trinajstić information content (AvgIpc) is 2.43. The van der Waals surface area contributed by atoms with E-state index in [0.717, 1.165) is 6.54 Å². The molecule has 7 nitrogen and oxygen atoms in total. The molecule has 2 aliphatic heterocycles. The summed E-state index contributed by atoms with van der Waals surface area (Å²) in [5.41, 5.74) is 1.11. The van der Waals surface area contributed by atoms with Crippen LogP contribution in [-0.4, -0.2) is 61.9 Å². The second kappa shape index (κ2) is 6.91. The molecule has 2 amide bonds. The minimum absolute atomic E-state index is 0.144. The molecule has 0 aromatic heterocycles. The van der Waals surface area contributed by atoms with Crippen molar-refractivity contribution in [2.75, 3.05) is 32.8 Å². The number of hydrogen-bond donors (Lipinski definition) is 2. The number of carbonyl (C=O) groups is 2. The fourth-order valence-corrected chi connectivity index (χ4v) is 2.48. The molecule has 0 aromatic carbocycles. The van der Waals surface area contributed by atoms with Crippen LogP contribution < -0.4 is 10.6 Å². The van der Waals surface area contributed by atoms with E-state index in [0.29, 0.717) is 31.0 Å². The molecule has 2 atom stereocenters. The third-order valence-electron chi connectivity index (χ3n) is 3.67. The molecular formula is C14H23N3O4.